The molecule has 0 amide bonds. The summed E-state index contributed by atoms with van der Waals surface area (Å²) in [5.74, 6) is -4.33. The van der Waals surface area contributed by atoms with Crippen molar-refractivity contribution in [1.82, 2.24) is 0 Å². The van der Waals surface area contributed by atoms with Crippen LogP contribution in [0.3, 0.4) is 0 Å². The number of rotatable bonds is 19. The minimum absolute atomic E-state index is 0.0149. The second-order valence-corrected chi connectivity index (χ2v) is 31.6. The number of esters is 4. The Hall–Kier alpha value is -7.45. The lowest BCUT2D eigenvalue weighted by atomic mass is 9.85. The normalized spacial score (nSPS) is 12.8. The van der Waals surface area contributed by atoms with Gasteiger partial charge in [-0.2, -0.15) is 0 Å². The molecule has 0 bridgehead atoms. The zero-order chi connectivity index (χ0) is 58.0. The minimum Gasteiger partial charge on any atom is -0.541 e. The molecule has 0 spiro atoms. The van der Waals surface area contributed by atoms with Crippen molar-refractivity contribution in [1.29, 1.82) is 0 Å². The van der Waals surface area contributed by atoms with E-state index in [1.165, 1.54) is 28.4 Å². The molecule has 0 saturated heterocycles. The molecule has 0 saturated carbocycles. The van der Waals surface area contributed by atoms with Crippen LogP contribution in [0.5, 0.6) is 46.0 Å². The van der Waals surface area contributed by atoms with Crippen LogP contribution >= 0.6 is 0 Å². The van der Waals surface area contributed by atoms with Crippen molar-refractivity contribution >= 4 is 62.1 Å². The third-order valence-corrected chi connectivity index (χ3v) is 23.5. The van der Waals surface area contributed by atoms with Gasteiger partial charge in [-0.05, 0) is 86.5 Å². The van der Waals surface area contributed by atoms with Gasteiger partial charge in [-0.25, -0.2) is 19.2 Å². The maximum atomic E-state index is 14.4. The van der Waals surface area contributed by atoms with Gasteiger partial charge >= 0.3 is 23.9 Å². The van der Waals surface area contributed by atoms with Crippen molar-refractivity contribution < 1.29 is 76.1 Å². The zero-order valence-electron chi connectivity index (χ0n) is 48.1. The predicted molar refractivity (Wildman–Crippen MR) is 305 cm³/mol. The van der Waals surface area contributed by atoms with E-state index in [9.17, 15) is 29.4 Å². The van der Waals surface area contributed by atoms with Gasteiger partial charge in [-0.1, -0.05) is 77.9 Å². The molecule has 0 aromatic heterocycles. The third kappa shape index (κ3) is 11.6. The van der Waals surface area contributed by atoms with E-state index in [0.29, 0.717) is 22.3 Å². The first-order chi connectivity index (χ1) is 36.5. The second-order valence-electron chi connectivity index (χ2n) is 22.2. The number of carbonyl (C=O) groups excluding carboxylic acids is 4. The second kappa shape index (κ2) is 23.3. The van der Waals surface area contributed by atoms with E-state index in [2.05, 4.69) is 0 Å². The molecule has 2 N–H and O–H groups in total. The first-order valence-electron chi connectivity index (χ1n) is 25.5. The maximum absolute atomic E-state index is 14.4. The molecule has 0 radical (unpaired) electrons. The first kappa shape index (κ1) is 59.8. The lowest BCUT2D eigenvalue weighted by molar-refractivity contribution is 0.0331. The molecule has 2 atom stereocenters. The Morgan fingerprint density at radius 3 is 1.05 bits per heavy atom. The van der Waals surface area contributed by atoms with Gasteiger partial charge in [-0.15, -0.1) is 0 Å². The van der Waals surface area contributed by atoms with Crippen LogP contribution in [0.2, 0.25) is 36.3 Å². The number of hydrogen-bond acceptors (Lipinski definition) is 16. The molecule has 0 heterocycles. The summed E-state index contributed by atoms with van der Waals surface area (Å²) >= 11 is 0. The molecule has 6 rings (SSSR count). The molecule has 0 fully saturated rings. The topological polar surface area (TPSA) is 201 Å². The standard InChI is InChI=1S/C60H74O16Si2/c1-33(73-55(63)35-25-21-19-22-26-35)29-37-31-39-41(47(61)45(57(65)71-13)51(69-11)43(39)53(49(37)67-9)75-77(15,16)59(3,4)5)42-40-32-38(30-34(2)74-56(64)36-27-23-20-24-28-36)50(68-10)54(76-78(17,18)60(6,7)8)44(40)52(70-12)46(48(42)62)58(66)72-14/h19-28,31-34,61-62H,29-30H2,1-18H3/t33-,34-/m1/s1. The number of carbonyl (C=O) groups is 4. The highest BCUT2D eigenvalue weighted by atomic mass is 28.4. The van der Waals surface area contributed by atoms with Gasteiger partial charge in [0, 0.05) is 45.9 Å². The van der Waals surface area contributed by atoms with E-state index in [1.54, 1.807) is 86.6 Å². The molecule has 16 nitrogen and oxygen atoms in total. The van der Waals surface area contributed by atoms with Crippen molar-refractivity contribution in [2.75, 3.05) is 42.7 Å². The van der Waals surface area contributed by atoms with Crippen LogP contribution in [0.1, 0.15) is 108 Å². The Kier molecular flexibility index (Phi) is 17.8. The highest BCUT2D eigenvalue weighted by Gasteiger charge is 2.44. The van der Waals surface area contributed by atoms with Gasteiger partial charge in [0.2, 0.25) is 0 Å². The maximum Gasteiger partial charge on any atom is 0.345 e. The van der Waals surface area contributed by atoms with E-state index in [-0.39, 0.29) is 80.0 Å². The van der Waals surface area contributed by atoms with Crippen LogP contribution in [-0.2, 0) is 31.8 Å². The fraction of sp³-hybridized carbons (Fsp3) is 0.400. The third-order valence-electron chi connectivity index (χ3n) is 14.8. The molecule has 18 heteroatoms. The summed E-state index contributed by atoms with van der Waals surface area (Å²) in [7, 11) is 1.98. The molecule has 78 heavy (non-hydrogen) atoms. The molecular weight excluding hydrogens is 1030 g/mol. The zero-order valence-corrected chi connectivity index (χ0v) is 50.1. The molecular formula is C60H74O16Si2. The first-order valence-corrected chi connectivity index (χ1v) is 31.4. The lowest BCUT2D eigenvalue weighted by Gasteiger charge is -2.38. The van der Waals surface area contributed by atoms with Gasteiger partial charge < -0.3 is 57.0 Å². The van der Waals surface area contributed by atoms with Crippen molar-refractivity contribution in [3.05, 3.63) is 106 Å². The van der Waals surface area contributed by atoms with E-state index in [4.69, 9.17) is 46.7 Å². The molecule has 0 aliphatic heterocycles. The number of benzene rings is 6. The van der Waals surface area contributed by atoms with Gasteiger partial charge in [0.25, 0.3) is 16.6 Å². The highest BCUT2D eigenvalue weighted by Crippen LogP contribution is 2.60. The number of methoxy groups -OCH3 is 6. The number of phenolic OH excluding ortho intramolecular Hbond substituents is 2. The summed E-state index contributed by atoms with van der Waals surface area (Å²) in [4.78, 5) is 55.9. The molecule has 0 unspecified atom stereocenters. The largest absolute Gasteiger partial charge is 0.541 e. The van der Waals surface area contributed by atoms with E-state index in [1.807, 2.05) is 67.7 Å². The van der Waals surface area contributed by atoms with Gasteiger partial charge in [0.1, 0.15) is 46.3 Å². The smallest absolute Gasteiger partial charge is 0.345 e. The highest BCUT2D eigenvalue weighted by molar-refractivity contribution is 6.75. The SMILES string of the molecule is COC(=O)c1c(O)c(-c2c(O)c(C(=O)OC)c(OC)c3c(O[Si](C)(C)C(C)(C)C)c(OC)c(C[C@@H](C)OC(=O)c4ccccc4)cc23)c2cc(C[C@@H](C)OC(=O)c3ccccc3)c(OC)c(O[Si](C)(C)C(C)(C)C)c2c1OC. The predicted octanol–water partition coefficient (Wildman–Crippen LogP) is 13.0. The monoisotopic (exact) mass is 1110 g/mol. The van der Waals surface area contributed by atoms with Crippen LogP contribution in [0.15, 0.2) is 72.8 Å². The van der Waals surface area contributed by atoms with Crippen LogP contribution < -0.4 is 27.8 Å². The van der Waals surface area contributed by atoms with Gasteiger partial charge in [0.15, 0.2) is 23.0 Å². The fourth-order valence-corrected chi connectivity index (χ4v) is 10.8. The number of hydrogen-bond donors (Lipinski definition) is 2. The Balaban J connectivity index is 1.91. The van der Waals surface area contributed by atoms with Crippen molar-refractivity contribution in [3.63, 3.8) is 0 Å². The summed E-state index contributed by atoms with van der Waals surface area (Å²) < 4.78 is 62.2. The van der Waals surface area contributed by atoms with Crippen molar-refractivity contribution in [2.24, 2.45) is 0 Å². The van der Waals surface area contributed by atoms with E-state index in [0.717, 1.165) is 14.2 Å². The Morgan fingerprint density at radius 2 is 0.782 bits per heavy atom. The summed E-state index contributed by atoms with van der Waals surface area (Å²) in [6.45, 7) is 23.8. The van der Waals surface area contributed by atoms with E-state index < -0.39 is 85.4 Å². The van der Waals surface area contributed by atoms with Gasteiger partial charge in [0.05, 0.1) is 64.6 Å². The fourth-order valence-electron chi connectivity index (χ4n) is 8.81. The summed E-state index contributed by atoms with van der Waals surface area (Å²) in [6.07, 6.45) is -1.58. The average Bonchev–Trinajstić information content (AvgIpc) is 3.37. The minimum atomic E-state index is -2.94. The lowest BCUT2D eigenvalue weighted by Crippen LogP contribution is -2.44. The number of phenols is 2. The van der Waals surface area contributed by atoms with E-state index >= 15 is 0 Å². The molecule has 6 aromatic carbocycles. The summed E-state index contributed by atoms with van der Waals surface area (Å²) in [6, 6.07) is 20.4. The Labute approximate surface area is 459 Å². The van der Waals surface area contributed by atoms with Gasteiger partial charge in [-0.3, -0.25) is 0 Å². The Bertz CT molecular complexity index is 3030. The van der Waals surface area contributed by atoms with Crippen LogP contribution in [-0.4, -0.2) is 106 Å². The Morgan fingerprint density at radius 1 is 0.474 bits per heavy atom. The molecule has 0 aliphatic carbocycles. The summed E-state index contributed by atoms with van der Waals surface area (Å²) in [5, 5.41) is 26.0. The summed E-state index contributed by atoms with van der Waals surface area (Å²) in [5.41, 5.74) is 0.202. The quantitative estimate of drug-likeness (QED) is 0.0440. The number of fused-ring (bicyclic) bond motifs is 2. The van der Waals surface area contributed by atoms with Crippen LogP contribution in [0.4, 0.5) is 0 Å². The van der Waals surface area contributed by atoms with Crippen LogP contribution in [0.25, 0.3) is 32.7 Å². The molecule has 0 aliphatic rings. The molecule has 6 aromatic rings. The average molecular weight is 1110 g/mol. The van der Waals surface area contributed by atoms with Crippen molar-refractivity contribution in [2.45, 2.75) is 117 Å². The number of aromatic hydroxyl groups is 2. The molecule has 418 valence electrons. The number of ether oxygens (including phenoxy) is 8. The van der Waals surface area contributed by atoms with Crippen LogP contribution in [0, 0.1) is 0 Å². The van der Waals surface area contributed by atoms with Crippen molar-refractivity contribution in [3.8, 4) is 57.1 Å².